The predicted octanol–water partition coefficient (Wildman–Crippen LogP) is 3.94. The number of hydrogen-bond donors (Lipinski definition) is 0. The van der Waals surface area contributed by atoms with Crippen LogP contribution in [-0.4, -0.2) is 19.0 Å². The summed E-state index contributed by atoms with van der Waals surface area (Å²) in [4.78, 5) is 2.26. The van der Waals surface area contributed by atoms with Crippen molar-refractivity contribution in [1.82, 2.24) is 4.90 Å². The van der Waals surface area contributed by atoms with Crippen molar-refractivity contribution < 1.29 is 0 Å². The summed E-state index contributed by atoms with van der Waals surface area (Å²) in [5.41, 5.74) is 2.79. The van der Waals surface area contributed by atoms with E-state index in [1.807, 2.05) is 0 Å². The number of halogens is 1. The summed E-state index contributed by atoms with van der Waals surface area (Å²) in [6.07, 6.45) is 7.64. The molecule has 0 heterocycles. The molecule has 1 aromatic rings. The second-order valence-corrected chi connectivity index (χ2v) is 5.12. The van der Waals surface area contributed by atoms with Gasteiger partial charge in [-0.2, -0.15) is 0 Å². The first kappa shape index (κ1) is 11.6. The summed E-state index contributed by atoms with van der Waals surface area (Å²) in [5.74, 6) is 0. The molecule has 1 aromatic carbocycles. The monoisotopic (exact) mass is 277 g/mol. The van der Waals surface area contributed by atoms with E-state index in [9.17, 15) is 0 Å². The molecular weight excluding hydrogens is 262 g/mol. The fraction of sp³-hybridized carbons (Fsp3) is 0.286. The topological polar surface area (TPSA) is 3.24 Å². The Bertz CT molecular complexity index is 432. The van der Waals surface area contributed by atoms with Gasteiger partial charge < -0.3 is 0 Å². The van der Waals surface area contributed by atoms with Gasteiger partial charge in [0, 0.05) is 4.47 Å². The molecule has 2 rings (SSSR count). The fourth-order valence-electron chi connectivity index (χ4n) is 2.17. The third-order valence-corrected chi connectivity index (χ3v) is 3.59. The van der Waals surface area contributed by atoms with Crippen LogP contribution in [-0.2, 0) is 0 Å². The van der Waals surface area contributed by atoms with Gasteiger partial charge in [0.05, 0.1) is 6.04 Å². The molecule has 16 heavy (non-hydrogen) atoms. The molecule has 1 aliphatic carbocycles. The molecule has 84 valence electrons. The third kappa shape index (κ3) is 2.28. The number of hydrogen-bond acceptors (Lipinski definition) is 1. The van der Waals surface area contributed by atoms with E-state index in [0.29, 0.717) is 6.04 Å². The Hall–Kier alpha value is -0.860. The molecule has 0 aromatic heterocycles. The van der Waals surface area contributed by atoms with E-state index in [2.05, 4.69) is 77.4 Å². The largest absolute Gasteiger partial charge is 0.299 e. The molecule has 1 nitrogen and oxygen atoms in total. The van der Waals surface area contributed by atoms with Gasteiger partial charge in [-0.05, 0) is 37.7 Å². The highest BCUT2D eigenvalue weighted by Gasteiger charge is 2.21. The van der Waals surface area contributed by atoms with Crippen molar-refractivity contribution >= 4 is 15.9 Å². The van der Waals surface area contributed by atoms with Gasteiger partial charge in [0.1, 0.15) is 0 Å². The normalized spacial score (nSPS) is 16.6. The minimum atomic E-state index is 0.366. The minimum absolute atomic E-state index is 0.366. The Morgan fingerprint density at radius 1 is 1.25 bits per heavy atom. The third-order valence-electron chi connectivity index (χ3n) is 2.87. The smallest absolute Gasteiger partial charge is 0.0573 e. The maximum atomic E-state index is 3.64. The molecule has 1 atom stereocenters. The zero-order valence-corrected chi connectivity index (χ0v) is 11.2. The van der Waals surface area contributed by atoms with Gasteiger partial charge in [-0.1, -0.05) is 52.4 Å². The Morgan fingerprint density at radius 3 is 2.56 bits per heavy atom. The molecule has 2 heteroatoms. The standard InChI is InChI=1S/C14H16BrN/c1-16(2)14(11-7-3-4-8-11)12-9-5-6-10-13(12)15/h3-7,9-10,14H,8H2,1-2H3/t14-/m1/s1. The number of allylic oxidation sites excluding steroid dienone is 3. The van der Waals surface area contributed by atoms with Crippen LogP contribution < -0.4 is 0 Å². The molecule has 0 unspecified atom stereocenters. The predicted molar refractivity (Wildman–Crippen MR) is 72.4 cm³/mol. The first-order valence-corrected chi connectivity index (χ1v) is 6.26. The Labute approximate surface area is 106 Å². The summed E-state index contributed by atoms with van der Waals surface area (Å²) in [6.45, 7) is 0. The van der Waals surface area contributed by atoms with E-state index < -0.39 is 0 Å². The summed E-state index contributed by atoms with van der Waals surface area (Å²) < 4.78 is 1.18. The van der Waals surface area contributed by atoms with Crippen molar-refractivity contribution in [2.45, 2.75) is 12.5 Å². The van der Waals surface area contributed by atoms with Crippen LogP contribution in [0.15, 0.2) is 52.5 Å². The van der Waals surface area contributed by atoms with Crippen LogP contribution in [0.3, 0.4) is 0 Å². The highest BCUT2D eigenvalue weighted by molar-refractivity contribution is 9.10. The van der Waals surface area contributed by atoms with Crippen LogP contribution in [0.1, 0.15) is 18.0 Å². The van der Waals surface area contributed by atoms with Gasteiger partial charge in [0.15, 0.2) is 0 Å². The van der Waals surface area contributed by atoms with E-state index >= 15 is 0 Å². The summed E-state index contributed by atoms with van der Waals surface area (Å²) >= 11 is 3.64. The van der Waals surface area contributed by atoms with Crippen molar-refractivity contribution in [2.24, 2.45) is 0 Å². The molecule has 0 fully saturated rings. The highest BCUT2D eigenvalue weighted by atomic mass is 79.9. The average Bonchev–Trinajstić information content (AvgIpc) is 2.74. The number of likely N-dealkylation sites (N-methyl/N-ethyl adjacent to an activating group) is 1. The van der Waals surface area contributed by atoms with Gasteiger partial charge in [0.2, 0.25) is 0 Å². The van der Waals surface area contributed by atoms with E-state index in [-0.39, 0.29) is 0 Å². The molecule has 0 saturated heterocycles. The lowest BCUT2D eigenvalue weighted by molar-refractivity contribution is 0.334. The Kier molecular flexibility index (Phi) is 3.62. The lowest BCUT2D eigenvalue weighted by atomic mass is 9.97. The van der Waals surface area contributed by atoms with Crippen molar-refractivity contribution in [3.8, 4) is 0 Å². The van der Waals surface area contributed by atoms with Crippen LogP contribution in [0.5, 0.6) is 0 Å². The van der Waals surface area contributed by atoms with E-state index in [1.165, 1.54) is 15.6 Å². The number of benzene rings is 1. The molecule has 0 radical (unpaired) electrons. The summed E-state index contributed by atoms with van der Waals surface area (Å²) in [7, 11) is 4.26. The second kappa shape index (κ2) is 4.98. The fourth-order valence-corrected chi connectivity index (χ4v) is 2.67. The zero-order chi connectivity index (χ0) is 11.5. The second-order valence-electron chi connectivity index (χ2n) is 4.26. The first-order chi connectivity index (χ1) is 7.70. The summed E-state index contributed by atoms with van der Waals surface area (Å²) in [5, 5.41) is 0. The minimum Gasteiger partial charge on any atom is -0.299 e. The van der Waals surface area contributed by atoms with Crippen LogP contribution in [0, 0.1) is 0 Å². The molecule has 0 aliphatic heterocycles. The van der Waals surface area contributed by atoms with E-state index in [1.54, 1.807) is 0 Å². The SMILES string of the molecule is CN(C)[C@H](C1=CC=CC1)c1ccccc1Br. The molecule has 0 amide bonds. The Balaban J connectivity index is 2.37. The van der Waals surface area contributed by atoms with E-state index in [0.717, 1.165) is 6.42 Å². The number of nitrogens with zero attached hydrogens (tertiary/aromatic N) is 1. The molecule has 0 spiro atoms. The lowest BCUT2D eigenvalue weighted by Crippen LogP contribution is -2.21. The van der Waals surface area contributed by atoms with Crippen molar-refractivity contribution in [2.75, 3.05) is 14.1 Å². The maximum Gasteiger partial charge on any atom is 0.0573 e. The average molecular weight is 278 g/mol. The molecule has 1 aliphatic rings. The number of rotatable bonds is 3. The molecule has 0 N–H and O–H groups in total. The quantitative estimate of drug-likeness (QED) is 0.809. The molecular formula is C14H16BrN. The van der Waals surface area contributed by atoms with Crippen LogP contribution >= 0.6 is 15.9 Å². The first-order valence-electron chi connectivity index (χ1n) is 5.46. The zero-order valence-electron chi connectivity index (χ0n) is 9.65. The van der Waals surface area contributed by atoms with Gasteiger partial charge in [-0.25, -0.2) is 0 Å². The maximum absolute atomic E-state index is 3.64. The van der Waals surface area contributed by atoms with Gasteiger partial charge in [0.25, 0.3) is 0 Å². The van der Waals surface area contributed by atoms with Crippen LogP contribution in [0.25, 0.3) is 0 Å². The van der Waals surface area contributed by atoms with E-state index in [4.69, 9.17) is 0 Å². The Morgan fingerprint density at radius 2 is 2.00 bits per heavy atom. The van der Waals surface area contributed by atoms with Gasteiger partial charge >= 0.3 is 0 Å². The lowest BCUT2D eigenvalue weighted by Gasteiger charge is -2.27. The molecule has 0 saturated carbocycles. The summed E-state index contributed by atoms with van der Waals surface area (Å²) in [6, 6.07) is 8.81. The van der Waals surface area contributed by atoms with Crippen molar-refractivity contribution in [3.63, 3.8) is 0 Å². The van der Waals surface area contributed by atoms with Gasteiger partial charge in [-0.3, -0.25) is 4.90 Å². The van der Waals surface area contributed by atoms with Crippen molar-refractivity contribution in [3.05, 3.63) is 58.1 Å². The van der Waals surface area contributed by atoms with Crippen molar-refractivity contribution in [1.29, 1.82) is 0 Å². The van der Waals surface area contributed by atoms with Crippen LogP contribution in [0.2, 0.25) is 0 Å². The van der Waals surface area contributed by atoms with Gasteiger partial charge in [-0.15, -0.1) is 0 Å². The highest BCUT2D eigenvalue weighted by Crippen LogP contribution is 2.35. The molecule has 0 bridgehead atoms. The van der Waals surface area contributed by atoms with Crippen LogP contribution in [0.4, 0.5) is 0 Å².